The Hall–Kier alpha value is -2.53. The van der Waals surface area contributed by atoms with Crippen LogP contribution in [0.3, 0.4) is 0 Å². The summed E-state index contributed by atoms with van der Waals surface area (Å²) in [6.45, 7) is 6.69. The van der Waals surface area contributed by atoms with Gasteiger partial charge < -0.3 is 15.4 Å². The van der Waals surface area contributed by atoms with Crippen molar-refractivity contribution in [1.82, 2.24) is 5.32 Å². The van der Waals surface area contributed by atoms with Crippen molar-refractivity contribution in [2.45, 2.75) is 55.9 Å². The molecule has 27 heavy (non-hydrogen) atoms. The summed E-state index contributed by atoms with van der Waals surface area (Å²) in [5, 5.41) is 14.0. The number of ether oxygens (including phenoxy) is 1. The maximum atomic E-state index is 12.3. The molecule has 0 unspecified atom stereocenters. The van der Waals surface area contributed by atoms with Gasteiger partial charge in [-0.1, -0.05) is 26.0 Å². The van der Waals surface area contributed by atoms with Crippen LogP contribution in [0.5, 0.6) is 0 Å². The van der Waals surface area contributed by atoms with E-state index in [0.717, 1.165) is 4.90 Å². The van der Waals surface area contributed by atoms with Crippen molar-refractivity contribution >= 4 is 35.2 Å². The highest BCUT2D eigenvalue weighted by Crippen LogP contribution is 2.36. The van der Waals surface area contributed by atoms with E-state index in [1.807, 2.05) is 32.0 Å². The summed E-state index contributed by atoms with van der Waals surface area (Å²) >= 11 is 1.29. The van der Waals surface area contributed by atoms with Crippen LogP contribution in [0.4, 0.5) is 5.69 Å². The zero-order chi connectivity index (χ0) is 20.2. The first kappa shape index (κ1) is 20.8. The smallest absolute Gasteiger partial charge is 0.308 e. The second kappa shape index (κ2) is 8.44. The third-order valence-corrected chi connectivity index (χ3v) is 5.78. The fourth-order valence-electron chi connectivity index (χ4n) is 2.34. The normalized spacial score (nSPS) is 19.1. The molecule has 0 spiro atoms. The molecule has 0 radical (unpaired) electrons. The molecule has 144 valence electrons. The van der Waals surface area contributed by atoms with Crippen LogP contribution in [0, 0.1) is 17.2 Å². The summed E-state index contributed by atoms with van der Waals surface area (Å²) in [4.78, 5) is 37.5. The van der Waals surface area contributed by atoms with Gasteiger partial charge in [0.15, 0.2) is 6.10 Å². The number of rotatable bonds is 6. The Labute approximate surface area is 162 Å². The number of carbonyl (C=O) groups is 3. The van der Waals surface area contributed by atoms with E-state index >= 15 is 0 Å². The lowest BCUT2D eigenvalue weighted by Crippen LogP contribution is -2.52. The van der Waals surface area contributed by atoms with E-state index in [1.165, 1.54) is 18.7 Å². The van der Waals surface area contributed by atoms with Crippen LogP contribution in [-0.4, -0.2) is 34.7 Å². The monoisotopic (exact) mass is 389 g/mol. The van der Waals surface area contributed by atoms with Gasteiger partial charge in [-0.2, -0.15) is 5.26 Å². The number of nitrogens with zero attached hydrogens (tertiary/aromatic N) is 1. The summed E-state index contributed by atoms with van der Waals surface area (Å²) in [6.07, 6.45) is -1.21. The number of hydrogen-bond acceptors (Lipinski definition) is 6. The van der Waals surface area contributed by atoms with Gasteiger partial charge in [0.05, 0.1) is 23.4 Å². The molecular formula is C19H23N3O4S. The van der Waals surface area contributed by atoms with E-state index in [0.29, 0.717) is 5.69 Å². The van der Waals surface area contributed by atoms with E-state index in [4.69, 9.17) is 4.74 Å². The van der Waals surface area contributed by atoms with Crippen LogP contribution in [0.15, 0.2) is 29.2 Å². The van der Waals surface area contributed by atoms with E-state index < -0.39 is 28.8 Å². The van der Waals surface area contributed by atoms with Crippen molar-refractivity contribution < 1.29 is 19.1 Å². The number of thioether (sulfide) groups is 1. The van der Waals surface area contributed by atoms with Gasteiger partial charge in [0.1, 0.15) is 5.54 Å². The quantitative estimate of drug-likeness (QED) is 0.724. The fraction of sp³-hybridized carbons (Fsp3) is 0.474. The van der Waals surface area contributed by atoms with Gasteiger partial charge in [-0.05, 0) is 31.9 Å². The average Bonchev–Trinajstić information content (AvgIpc) is 2.61. The predicted molar refractivity (Wildman–Crippen MR) is 102 cm³/mol. The minimum atomic E-state index is -1.06. The molecule has 8 heteroatoms. The molecule has 1 aliphatic heterocycles. The largest absolute Gasteiger partial charge is 0.453 e. The molecule has 1 aliphatic rings. The Bertz CT molecular complexity index is 789. The highest BCUT2D eigenvalue weighted by atomic mass is 32.2. The minimum absolute atomic E-state index is 0.114. The van der Waals surface area contributed by atoms with E-state index in [1.54, 1.807) is 13.0 Å². The highest BCUT2D eigenvalue weighted by molar-refractivity contribution is 8.01. The second-order valence-electron chi connectivity index (χ2n) is 6.89. The van der Waals surface area contributed by atoms with E-state index in [9.17, 15) is 19.6 Å². The van der Waals surface area contributed by atoms with Gasteiger partial charge in [0.2, 0.25) is 5.91 Å². The summed E-state index contributed by atoms with van der Waals surface area (Å²) in [5.74, 6) is -1.58. The second-order valence-corrected chi connectivity index (χ2v) is 8.13. The van der Waals surface area contributed by atoms with Gasteiger partial charge in [-0.3, -0.25) is 14.4 Å². The first-order valence-electron chi connectivity index (χ1n) is 8.65. The number of nitriles is 1. The Kier molecular flexibility index (Phi) is 6.50. The number of esters is 1. The molecule has 1 aromatic rings. The molecule has 2 amide bonds. The predicted octanol–water partition coefficient (Wildman–Crippen LogP) is 2.48. The van der Waals surface area contributed by atoms with Gasteiger partial charge >= 0.3 is 5.97 Å². The van der Waals surface area contributed by atoms with Crippen molar-refractivity contribution in [3.8, 4) is 6.07 Å². The van der Waals surface area contributed by atoms with Crippen molar-refractivity contribution in [3.05, 3.63) is 24.3 Å². The molecule has 0 aromatic heterocycles. The Morgan fingerprint density at radius 1 is 1.37 bits per heavy atom. The van der Waals surface area contributed by atoms with Crippen molar-refractivity contribution in [3.63, 3.8) is 0 Å². The number of benzene rings is 1. The number of anilines is 1. The number of carbonyl (C=O) groups excluding carboxylic acids is 3. The fourth-order valence-corrected chi connectivity index (χ4v) is 3.43. The first-order chi connectivity index (χ1) is 12.7. The SMILES string of the molecule is CC(C)[C@](C)(C#N)NC(=O)[C@@H](C)OC(=O)C[C@H]1Sc2ccccc2NC1=O. The summed E-state index contributed by atoms with van der Waals surface area (Å²) in [7, 11) is 0. The maximum absolute atomic E-state index is 12.3. The van der Waals surface area contributed by atoms with Crippen molar-refractivity contribution in [1.29, 1.82) is 5.26 Å². The molecule has 3 atom stereocenters. The van der Waals surface area contributed by atoms with Gasteiger partial charge in [0.25, 0.3) is 5.91 Å². The van der Waals surface area contributed by atoms with Crippen LogP contribution >= 0.6 is 11.8 Å². The standard InChI is InChI=1S/C19H23N3O4S/c1-11(2)19(4,10-20)22-17(24)12(3)26-16(23)9-15-18(25)21-13-7-5-6-8-14(13)27-15/h5-8,11-12,15H,9H2,1-4H3,(H,21,25)(H,22,24)/t12-,15-,19+/m1/s1. The first-order valence-corrected chi connectivity index (χ1v) is 9.53. The van der Waals surface area contributed by atoms with Gasteiger partial charge in [0, 0.05) is 4.90 Å². The molecule has 1 aromatic carbocycles. The number of fused-ring (bicyclic) bond motifs is 1. The average molecular weight is 389 g/mol. The minimum Gasteiger partial charge on any atom is -0.453 e. The zero-order valence-electron chi connectivity index (χ0n) is 15.7. The molecule has 2 N–H and O–H groups in total. The third-order valence-electron chi connectivity index (χ3n) is 4.51. The van der Waals surface area contributed by atoms with Crippen LogP contribution in [0.1, 0.15) is 34.1 Å². The number of para-hydroxylation sites is 1. The highest BCUT2D eigenvalue weighted by Gasteiger charge is 2.34. The van der Waals surface area contributed by atoms with E-state index in [2.05, 4.69) is 16.7 Å². The lowest BCUT2D eigenvalue weighted by molar-refractivity contribution is -0.155. The van der Waals surface area contributed by atoms with Gasteiger partial charge in [-0.25, -0.2) is 0 Å². The summed E-state index contributed by atoms with van der Waals surface area (Å²) in [6, 6.07) is 9.40. The topological polar surface area (TPSA) is 108 Å². The van der Waals surface area contributed by atoms with E-state index in [-0.39, 0.29) is 18.2 Å². The maximum Gasteiger partial charge on any atom is 0.308 e. The molecular weight excluding hydrogens is 366 g/mol. The molecule has 7 nitrogen and oxygen atoms in total. The molecule has 0 saturated carbocycles. The van der Waals surface area contributed by atoms with Gasteiger partial charge in [-0.15, -0.1) is 11.8 Å². The molecule has 0 bridgehead atoms. The lowest BCUT2D eigenvalue weighted by Gasteiger charge is -2.28. The number of nitrogens with one attached hydrogen (secondary N) is 2. The van der Waals surface area contributed by atoms with Crippen LogP contribution < -0.4 is 10.6 Å². The summed E-state index contributed by atoms with van der Waals surface area (Å²) in [5.41, 5.74) is -0.338. The Balaban J connectivity index is 1.93. The number of amides is 2. The third kappa shape index (κ3) is 5.01. The molecule has 2 rings (SSSR count). The van der Waals surface area contributed by atoms with Crippen LogP contribution in [-0.2, 0) is 19.1 Å². The molecule has 0 saturated heterocycles. The lowest BCUT2D eigenvalue weighted by atomic mass is 9.90. The van der Waals surface area contributed by atoms with Crippen molar-refractivity contribution in [2.75, 3.05) is 5.32 Å². The molecule has 1 heterocycles. The molecule has 0 fully saturated rings. The van der Waals surface area contributed by atoms with Crippen LogP contribution in [0.25, 0.3) is 0 Å². The molecule has 0 aliphatic carbocycles. The number of hydrogen-bond donors (Lipinski definition) is 2. The summed E-state index contributed by atoms with van der Waals surface area (Å²) < 4.78 is 5.17. The van der Waals surface area contributed by atoms with Crippen molar-refractivity contribution in [2.24, 2.45) is 5.92 Å². The Morgan fingerprint density at radius 3 is 2.67 bits per heavy atom. The van der Waals surface area contributed by atoms with Crippen LogP contribution in [0.2, 0.25) is 0 Å². The zero-order valence-corrected chi connectivity index (χ0v) is 16.6. The Morgan fingerprint density at radius 2 is 2.04 bits per heavy atom.